The molecule has 0 fully saturated rings. The van der Waals surface area contributed by atoms with Crippen molar-refractivity contribution in [2.75, 3.05) is 5.32 Å². The lowest BCUT2D eigenvalue weighted by atomic mass is 10.1. The summed E-state index contributed by atoms with van der Waals surface area (Å²) in [6.45, 7) is 3.92. The number of hydrogen-bond acceptors (Lipinski definition) is 1. The number of amides is 1. The Morgan fingerprint density at radius 2 is 1.82 bits per heavy atom. The molecule has 0 aliphatic rings. The Labute approximate surface area is 116 Å². The maximum atomic E-state index is 11.8. The molecule has 1 rings (SSSR count). The number of halogens is 3. The average Bonchev–Trinajstić information content (AvgIpc) is 2.26. The van der Waals surface area contributed by atoms with Crippen molar-refractivity contribution in [3.63, 3.8) is 0 Å². The highest BCUT2D eigenvalue weighted by molar-refractivity contribution is 6.44. The molecule has 0 aromatic heterocycles. The van der Waals surface area contributed by atoms with Crippen LogP contribution in [0.5, 0.6) is 0 Å². The highest BCUT2D eigenvalue weighted by Crippen LogP contribution is 2.32. The fourth-order valence-electron chi connectivity index (χ4n) is 1.44. The molecule has 17 heavy (non-hydrogen) atoms. The molecule has 0 unspecified atom stereocenters. The predicted octanol–water partition coefficient (Wildman–Crippen LogP) is 5.02. The summed E-state index contributed by atoms with van der Waals surface area (Å²) in [6.07, 6.45) is 1.80. The zero-order chi connectivity index (χ0) is 13.0. The van der Waals surface area contributed by atoms with Gasteiger partial charge in [0, 0.05) is 5.92 Å². The normalized spacial score (nSPS) is 12.3. The van der Waals surface area contributed by atoms with Gasteiger partial charge in [-0.15, -0.1) is 0 Å². The molecule has 1 aromatic carbocycles. The van der Waals surface area contributed by atoms with Gasteiger partial charge in [-0.1, -0.05) is 55.1 Å². The van der Waals surface area contributed by atoms with Gasteiger partial charge in [0.2, 0.25) is 5.91 Å². The molecule has 1 aromatic rings. The van der Waals surface area contributed by atoms with Gasteiger partial charge in [0.15, 0.2) is 0 Å². The van der Waals surface area contributed by atoms with Crippen LogP contribution in [0.25, 0.3) is 0 Å². The van der Waals surface area contributed by atoms with Crippen LogP contribution in [0.1, 0.15) is 26.7 Å². The summed E-state index contributed by atoms with van der Waals surface area (Å²) in [5.41, 5.74) is 0.494. The quantitative estimate of drug-likeness (QED) is 0.776. The van der Waals surface area contributed by atoms with Gasteiger partial charge in [0.25, 0.3) is 0 Å². The van der Waals surface area contributed by atoms with Gasteiger partial charge in [0.1, 0.15) is 0 Å². The van der Waals surface area contributed by atoms with E-state index in [2.05, 4.69) is 5.32 Å². The van der Waals surface area contributed by atoms with Crippen molar-refractivity contribution in [2.45, 2.75) is 26.7 Å². The number of carbonyl (C=O) groups excluding carboxylic acids is 1. The Hall–Kier alpha value is -0.440. The Bertz CT molecular complexity index is 420. The minimum Gasteiger partial charge on any atom is -0.324 e. The summed E-state index contributed by atoms with van der Waals surface area (Å²) >= 11 is 17.6. The van der Waals surface area contributed by atoms with E-state index >= 15 is 0 Å². The van der Waals surface area contributed by atoms with Crippen molar-refractivity contribution in [2.24, 2.45) is 5.92 Å². The van der Waals surface area contributed by atoms with Crippen molar-refractivity contribution in [3.8, 4) is 0 Å². The largest absolute Gasteiger partial charge is 0.324 e. The molecular formula is C12H14Cl3NO. The first kappa shape index (κ1) is 14.6. The Balaban J connectivity index is 2.81. The zero-order valence-electron chi connectivity index (χ0n) is 9.69. The van der Waals surface area contributed by atoms with Gasteiger partial charge in [-0.3, -0.25) is 4.79 Å². The molecule has 0 spiro atoms. The number of carbonyl (C=O) groups is 1. The SMILES string of the molecule is CCC[C@H](C)C(=O)Nc1cc(Cl)c(Cl)cc1Cl. The highest BCUT2D eigenvalue weighted by atomic mass is 35.5. The van der Waals surface area contributed by atoms with E-state index in [0.29, 0.717) is 20.8 Å². The predicted molar refractivity (Wildman–Crippen MR) is 74.2 cm³/mol. The Kier molecular flexibility index (Phi) is 5.57. The van der Waals surface area contributed by atoms with Gasteiger partial charge in [-0.2, -0.15) is 0 Å². The number of anilines is 1. The van der Waals surface area contributed by atoms with Crippen molar-refractivity contribution < 1.29 is 4.79 Å². The molecule has 0 saturated carbocycles. The molecule has 0 saturated heterocycles. The maximum absolute atomic E-state index is 11.8. The van der Waals surface area contributed by atoms with Crippen LogP contribution in [0.2, 0.25) is 15.1 Å². The van der Waals surface area contributed by atoms with Crippen LogP contribution >= 0.6 is 34.8 Å². The van der Waals surface area contributed by atoms with E-state index in [1.807, 2.05) is 13.8 Å². The van der Waals surface area contributed by atoms with E-state index in [9.17, 15) is 4.79 Å². The summed E-state index contributed by atoms with van der Waals surface area (Å²) in [6, 6.07) is 3.08. The van der Waals surface area contributed by atoms with Gasteiger partial charge in [-0.05, 0) is 18.6 Å². The second-order valence-corrected chi connectivity index (χ2v) is 5.15. The molecule has 0 aliphatic heterocycles. The Morgan fingerprint density at radius 3 is 2.41 bits per heavy atom. The van der Waals surface area contributed by atoms with E-state index in [1.54, 1.807) is 6.07 Å². The van der Waals surface area contributed by atoms with E-state index in [0.717, 1.165) is 12.8 Å². The molecule has 0 heterocycles. The van der Waals surface area contributed by atoms with Gasteiger partial charge in [-0.25, -0.2) is 0 Å². The van der Waals surface area contributed by atoms with Crippen molar-refractivity contribution in [3.05, 3.63) is 27.2 Å². The van der Waals surface area contributed by atoms with E-state index < -0.39 is 0 Å². The van der Waals surface area contributed by atoms with Crippen LogP contribution in [0, 0.1) is 5.92 Å². The lowest BCUT2D eigenvalue weighted by Gasteiger charge is -2.12. The third-order valence-electron chi connectivity index (χ3n) is 2.44. The second kappa shape index (κ2) is 6.48. The van der Waals surface area contributed by atoms with Crippen LogP contribution in [-0.2, 0) is 4.79 Å². The smallest absolute Gasteiger partial charge is 0.227 e. The van der Waals surface area contributed by atoms with Gasteiger partial charge in [0.05, 0.1) is 20.8 Å². The lowest BCUT2D eigenvalue weighted by Crippen LogP contribution is -2.20. The third kappa shape index (κ3) is 4.06. The zero-order valence-corrected chi connectivity index (χ0v) is 12.0. The molecular weight excluding hydrogens is 280 g/mol. The summed E-state index contributed by atoms with van der Waals surface area (Å²) < 4.78 is 0. The molecule has 0 bridgehead atoms. The molecule has 1 amide bonds. The van der Waals surface area contributed by atoms with Crippen LogP contribution in [0.4, 0.5) is 5.69 Å². The minimum absolute atomic E-state index is 0.0504. The van der Waals surface area contributed by atoms with Crippen LogP contribution in [0.3, 0.4) is 0 Å². The molecule has 1 N–H and O–H groups in total. The molecule has 2 nitrogen and oxygen atoms in total. The third-order valence-corrected chi connectivity index (χ3v) is 3.47. The summed E-state index contributed by atoms with van der Waals surface area (Å²) in [5, 5.41) is 3.88. The Morgan fingerprint density at radius 1 is 1.24 bits per heavy atom. The maximum Gasteiger partial charge on any atom is 0.227 e. The number of rotatable bonds is 4. The van der Waals surface area contributed by atoms with Crippen LogP contribution < -0.4 is 5.32 Å². The standard InChI is InChI=1S/C12H14Cl3NO/c1-3-4-7(2)12(17)16-11-6-9(14)8(13)5-10(11)15/h5-7H,3-4H2,1-2H3,(H,16,17)/t7-/m0/s1. The molecule has 0 radical (unpaired) electrons. The van der Waals surface area contributed by atoms with Crippen LogP contribution in [0.15, 0.2) is 12.1 Å². The highest BCUT2D eigenvalue weighted by Gasteiger charge is 2.14. The fraction of sp³-hybridized carbons (Fsp3) is 0.417. The van der Waals surface area contributed by atoms with Gasteiger partial charge >= 0.3 is 0 Å². The first-order valence-corrected chi connectivity index (χ1v) is 6.54. The first-order valence-electron chi connectivity index (χ1n) is 5.41. The summed E-state index contributed by atoms with van der Waals surface area (Å²) in [4.78, 5) is 11.8. The number of nitrogens with one attached hydrogen (secondary N) is 1. The average molecular weight is 295 g/mol. The fourth-order valence-corrected chi connectivity index (χ4v) is 2.03. The van der Waals surface area contributed by atoms with Crippen LogP contribution in [-0.4, -0.2) is 5.91 Å². The van der Waals surface area contributed by atoms with Crippen molar-refractivity contribution in [1.82, 2.24) is 0 Å². The lowest BCUT2D eigenvalue weighted by molar-refractivity contribution is -0.119. The minimum atomic E-state index is -0.0628. The van der Waals surface area contributed by atoms with Gasteiger partial charge < -0.3 is 5.32 Å². The van der Waals surface area contributed by atoms with E-state index in [-0.39, 0.29) is 11.8 Å². The molecule has 0 aliphatic carbocycles. The molecule has 94 valence electrons. The number of hydrogen-bond donors (Lipinski definition) is 1. The molecule has 5 heteroatoms. The monoisotopic (exact) mass is 293 g/mol. The first-order chi connectivity index (χ1) is 7.95. The van der Waals surface area contributed by atoms with Crippen molar-refractivity contribution >= 4 is 46.4 Å². The summed E-state index contributed by atoms with van der Waals surface area (Å²) in [5.74, 6) is -0.113. The van der Waals surface area contributed by atoms with Crippen molar-refractivity contribution in [1.29, 1.82) is 0 Å². The van der Waals surface area contributed by atoms with E-state index in [1.165, 1.54) is 6.07 Å². The topological polar surface area (TPSA) is 29.1 Å². The van der Waals surface area contributed by atoms with E-state index in [4.69, 9.17) is 34.8 Å². The number of benzene rings is 1. The second-order valence-electron chi connectivity index (χ2n) is 3.93. The summed E-state index contributed by atoms with van der Waals surface area (Å²) in [7, 11) is 0. The molecule has 1 atom stereocenters.